The maximum Gasteiger partial charge on any atom is 0.251 e. The normalized spacial score (nSPS) is 10.7. The fraction of sp³-hybridized carbons (Fsp3) is 0.500. The summed E-state index contributed by atoms with van der Waals surface area (Å²) in [4.78, 5) is 11.8. The quantitative estimate of drug-likeness (QED) is 0.621. The first-order valence-electron chi connectivity index (χ1n) is 6.17. The number of carbonyl (C=O) groups is 1. The van der Waals surface area contributed by atoms with Crippen molar-refractivity contribution in [3.05, 3.63) is 35.4 Å². The van der Waals surface area contributed by atoms with Gasteiger partial charge in [0.15, 0.2) is 0 Å². The van der Waals surface area contributed by atoms with Crippen LogP contribution in [0.3, 0.4) is 0 Å². The molecule has 3 nitrogen and oxygen atoms in total. The lowest BCUT2D eigenvalue weighted by Crippen LogP contribution is -2.27. The van der Waals surface area contributed by atoms with Gasteiger partial charge in [-0.05, 0) is 23.6 Å². The summed E-state index contributed by atoms with van der Waals surface area (Å²) >= 11 is 3.27. The van der Waals surface area contributed by atoms with Crippen molar-refractivity contribution < 1.29 is 9.53 Å². The Balaban J connectivity index is 2.37. The van der Waals surface area contributed by atoms with Crippen LogP contribution in [-0.2, 0) is 4.74 Å². The third-order valence-electron chi connectivity index (χ3n) is 2.59. The number of nitrogens with one attached hydrogen (secondary N) is 1. The van der Waals surface area contributed by atoms with Gasteiger partial charge in [0, 0.05) is 17.4 Å². The topological polar surface area (TPSA) is 38.3 Å². The van der Waals surface area contributed by atoms with E-state index in [1.807, 2.05) is 24.3 Å². The van der Waals surface area contributed by atoms with E-state index in [2.05, 4.69) is 35.1 Å². The van der Waals surface area contributed by atoms with Crippen molar-refractivity contribution in [3.63, 3.8) is 0 Å². The summed E-state index contributed by atoms with van der Waals surface area (Å²) < 4.78 is 5.26. The van der Waals surface area contributed by atoms with Crippen LogP contribution >= 0.6 is 15.9 Å². The van der Waals surface area contributed by atoms with Crippen LogP contribution in [0.4, 0.5) is 0 Å². The van der Waals surface area contributed by atoms with Gasteiger partial charge in [-0.2, -0.15) is 0 Å². The number of benzene rings is 1. The zero-order valence-corrected chi connectivity index (χ0v) is 12.5. The Bertz CT molecular complexity index is 363. The highest BCUT2D eigenvalue weighted by atomic mass is 79.9. The lowest BCUT2D eigenvalue weighted by Gasteiger charge is -2.08. The van der Waals surface area contributed by atoms with Gasteiger partial charge in [-0.25, -0.2) is 0 Å². The van der Waals surface area contributed by atoms with Crippen LogP contribution in [0.1, 0.15) is 35.7 Å². The maximum absolute atomic E-state index is 11.8. The molecule has 100 valence electrons. The second kappa shape index (κ2) is 8.27. The third-order valence-corrected chi connectivity index (χ3v) is 2.92. The van der Waals surface area contributed by atoms with Crippen LogP contribution in [0.2, 0.25) is 0 Å². The van der Waals surface area contributed by atoms with E-state index in [9.17, 15) is 4.79 Å². The standard InChI is InChI=1S/C14H20BrNO2/c1-11(2)12-3-5-13(6-4-12)14(17)16-8-10-18-9-7-15/h3-6,11H,7-10H2,1-2H3,(H,16,17). The average Bonchev–Trinajstić information content (AvgIpc) is 2.38. The summed E-state index contributed by atoms with van der Waals surface area (Å²) in [6.45, 7) is 6.02. The molecule has 18 heavy (non-hydrogen) atoms. The molecule has 1 N–H and O–H groups in total. The maximum atomic E-state index is 11.8. The fourth-order valence-corrected chi connectivity index (χ4v) is 1.74. The van der Waals surface area contributed by atoms with Crippen molar-refractivity contribution in [3.8, 4) is 0 Å². The molecule has 0 atom stereocenters. The van der Waals surface area contributed by atoms with Crippen LogP contribution in [0.25, 0.3) is 0 Å². The molecule has 0 aliphatic heterocycles. The minimum atomic E-state index is -0.0484. The van der Waals surface area contributed by atoms with Crippen molar-refractivity contribution >= 4 is 21.8 Å². The summed E-state index contributed by atoms with van der Waals surface area (Å²) in [5.41, 5.74) is 1.94. The number of ether oxygens (including phenoxy) is 1. The SMILES string of the molecule is CC(C)c1ccc(C(=O)NCCOCCBr)cc1. The summed E-state index contributed by atoms with van der Waals surface area (Å²) in [7, 11) is 0. The molecule has 1 amide bonds. The number of rotatable bonds is 7. The number of amides is 1. The van der Waals surface area contributed by atoms with Crippen LogP contribution in [0.15, 0.2) is 24.3 Å². The third kappa shape index (κ3) is 5.19. The van der Waals surface area contributed by atoms with Gasteiger partial charge >= 0.3 is 0 Å². The van der Waals surface area contributed by atoms with Gasteiger partial charge in [0.2, 0.25) is 0 Å². The first-order chi connectivity index (χ1) is 8.65. The number of halogens is 1. The molecule has 1 aromatic rings. The van der Waals surface area contributed by atoms with E-state index in [1.165, 1.54) is 5.56 Å². The van der Waals surface area contributed by atoms with Gasteiger partial charge in [-0.15, -0.1) is 0 Å². The first-order valence-corrected chi connectivity index (χ1v) is 7.29. The lowest BCUT2D eigenvalue weighted by atomic mass is 10.0. The van der Waals surface area contributed by atoms with E-state index in [-0.39, 0.29) is 5.91 Å². The molecule has 0 saturated carbocycles. The zero-order valence-electron chi connectivity index (χ0n) is 10.9. The van der Waals surface area contributed by atoms with Crippen molar-refractivity contribution in [2.24, 2.45) is 0 Å². The Morgan fingerprint density at radius 1 is 1.28 bits per heavy atom. The van der Waals surface area contributed by atoms with E-state index in [0.29, 0.717) is 31.2 Å². The summed E-state index contributed by atoms with van der Waals surface area (Å²) in [5.74, 6) is 0.438. The predicted octanol–water partition coefficient (Wildman–Crippen LogP) is 2.95. The van der Waals surface area contributed by atoms with Crippen LogP contribution < -0.4 is 5.32 Å². The lowest BCUT2D eigenvalue weighted by molar-refractivity contribution is 0.0924. The van der Waals surface area contributed by atoms with E-state index >= 15 is 0 Å². The first kappa shape index (κ1) is 15.2. The number of carbonyl (C=O) groups excluding carboxylic acids is 1. The van der Waals surface area contributed by atoms with Crippen LogP contribution in [0.5, 0.6) is 0 Å². The van der Waals surface area contributed by atoms with Crippen molar-refractivity contribution in [1.82, 2.24) is 5.32 Å². The molecular formula is C14H20BrNO2. The summed E-state index contributed by atoms with van der Waals surface area (Å²) in [6, 6.07) is 7.73. The molecule has 0 aliphatic rings. The highest BCUT2D eigenvalue weighted by molar-refractivity contribution is 9.09. The minimum Gasteiger partial charge on any atom is -0.379 e. The zero-order chi connectivity index (χ0) is 13.4. The highest BCUT2D eigenvalue weighted by Gasteiger charge is 2.05. The Labute approximate surface area is 117 Å². The molecule has 0 fully saturated rings. The Kier molecular flexibility index (Phi) is 6.98. The molecule has 0 spiro atoms. The Morgan fingerprint density at radius 3 is 2.50 bits per heavy atom. The van der Waals surface area contributed by atoms with Gasteiger partial charge < -0.3 is 10.1 Å². The molecule has 4 heteroatoms. The molecule has 0 unspecified atom stereocenters. The van der Waals surface area contributed by atoms with Crippen molar-refractivity contribution in [2.75, 3.05) is 25.1 Å². The average molecular weight is 314 g/mol. The second-order valence-electron chi connectivity index (χ2n) is 4.33. The molecule has 0 bridgehead atoms. The molecule has 0 aromatic heterocycles. The van der Waals surface area contributed by atoms with Gasteiger partial charge in [0.25, 0.3) is 5.91 Å². The summed E-state index contributed by atoms with van der Waals surface area (Å²) in [5, 5.41) is 3.64. The molecule has 0 radical (unpaired) electrons. The number of hydrogen-bond acceptors (Lipinski definition) is 2. The monoisotopic (exact) mass is 313 g/mol. The Hall–Kier alpha value is -0.870. The number of alkyl halides is 1. The fourth-order valence-electron chi connectivity index (χ4n) is 1.51. The van der Waals surface area contributed by atoms with E-state index in [4.69, 9.17) is 4.74 Å². The van der Waals surface area contributed by atoms with Crippen LogP contribution in [0, 0.1) is 0 Å². The van der Waals surface area contributed by atoms with E-state index in [1.54, 1.807) is 0 Å². The summed E-state index contributed by atoms with van der Waals surface area (Å²) in [6.07, 6.45) is 0. The van der Waals surface area contributed by atoms with Gasteiger partial charge in [-0.3, -0.25) is 4.79 Å². The predicted molar refractivity (Wildman–Crippen MR) is 77.5 cm³/mol. The second-order valence-corrected chi connectivity index (χ2v) is 5.13. The van der Waals surface area contributed by atoms with Gasteiger partial charge in [-0.1, -0.05) is 41.9 Å². The van der Waals surface area contributed by atoms with E-state index < -0.39 is 0 Å². The highest BCUT2D eigenvalue weighted by Crippen LogP contribution is 2.14. The van der Waals surface area contributed by atoms with Crippen molar-refractivity contribution in [2.45, 2.75) is 19.8 Å². The molecule has 0 saturated heterocycles. The molecule has 1 rings (SSSR count). The van der Waals surface area contributed by atoms with Crippen LogP contribution in [-0.4, -0.2) is 31.0 Å². The van der Waals surface area contributed by atoms with Gasteiger partial charge in [0.1, 0.15) is 0 Å². The van der Waals surface area contributed by atoms with Gasteiger partial charge in [0.05, 0.1) is 13.2 Å². The Morgan fingerprint density at radius 2 is 1.94 bits per heavy atom. The molecule has 1 aromatic carbocycles. The van der Waals surface area contributed by atoms with E-state index in [0.717, 1.165) is 5.33 Å². The van der Waals surface area contributed by atoms with Crippen molar-refractivity contribution in [1.29, 1.82) is 0 Å². The smallest absolute Gasteiger partial charge is 0.251 e. The molecule has 0 heterocycles. The largest absolute Gasteiger partial charge is 0.379 e. The molecule has 0 aliphatic carbocycles. The molecular weight excluding hydrogens is 294 g/mol. The number of hydrogen-bond donors (Lipinski definition) is 1. The minimum absolute atomic E-state index is 0.0484.